The molecule has 2 aromatic heterocycles. The van der Waals surface area contributed by atoms with E-state index >= 15 is 0 Å². The van der Waals surface area contributed by atoms with E-state index in [9.17, 15) is 9.59 Å². The van der Waals surface area contributed by atoms with Gasteiger partial charge in [0.2, 0.25) is 17.7 Å². The van der Waals surface area contributed by atoms with Crippen molar-refractivity contribution in [2.45, 2.75) is 39.0 Å². The van der Waals surface area contributed by atoms with Crippen LogP contribution < -0.4 is 5.32 Å². The van der Waals surface area contributed by atoms with Crippen molar-refractivity contribution >= 4 is 29.2 Å². The number of piperidine rings is 1. The van der Waals surface area contributed by atoms with Crippen LogP contribution in [0.15, 0.2) is 22.9 Å². The van der Waals surface area contributed by atoms with Gasteiger partial charge in [-0.3, -0.25) is 9.59 Å². The van der Waals surface area contributed by atoms with E-state index in [2.05, 4.69) is 20.4 Å². The second-order valence-corrected chi connectivity index (χ2v) is 7.06. The van der Waals surface area contributed by atoms with E-state index in [1.807, 2.05) is 0 Å². The van der Waals surface area contributed by atoms with Crippen LogP contribution in [0, 0.1) is 12.8 Å². The van der Waals surface area contributed by atoms with Gasteiger partial charge in [-0.05, 0) is 38.3 Å². The number of pyridine rings is 1. The molecule has 0 aliphatic carbocycles. The Kier molecular flexibility index (Phi) is 6.39. The zero-order chi connectivity index (χ0) is 19.2. The molecule has 0 aromatic carbocycles. The minimum Gasteiger partial charge on any atom is -0.342 e. The topological polar surface area (TPSA) is 101 Å². The molecular weight excluding hydrogens is 370 g/mol. The normalized spacial score (nSPS) is 17.0. The number of anilines is 1. The summed E-state index contributed by atoms with van der Waals surface area (Å²) in [5.74, 6) is 1.29. The Morgan fingerprint density at radius 1 is 1.41 bits per heavy atom. The largest absolute Gasteiger partial charge is 0.342 e. The summed E-state index contributed by atoms with van der Waals surface area (Å²) < 4.78 is 5.05. The average Bonchev–Trinajstić information content (AvgIpc) is 3.08. The molecule has 3 rings (SSSR count). The Hall–Kier alpha value is -2.48. The lowest BCUT2D eigenvalue weighted by molar-refractivity contribution is -0.134. The summed E-state index contributed by atoms with van der Waals surface area (Å²) in [4.78, 5) is 34.9. The van der Waals surface area contributed by atoms with E-state index in [1.54, 1.807) is 24.0 Å². The Balaban J connectivity index is 1.46. The average molecular weight is 392 g/mol. The van der Waals surface area contributed by atoms with Crippen LogP contribution in [0.25, 0.3) is 0 Å². The van der Waals surface area contributed by atoms with Gasteiger partial charge in [0.25, 0.3) is 0 Å². The van der Waals surface area contributed by atoms with Crippen LogP contribution in [0.4, 0.5) is 5.82 Å². The molecule has 0 saturated carbocycles. The second-order valence-electron chi connectivity index (χ2n) is 6.62. The van der Waals surface area contributed by atoms with Gasteiger partial charge in [-0.2, -0.15) is 4.98 Å². The van der Waals surface area contributed by atoms with Gasteiger partial charge in [0.1, 0.15) is 5.82 Å². The minimum absolute atomic E-state index is 0.0494. The van der Waals surface area contributed by atoms with Crippen LogP contribution in [0.2, 0.25) is 5.02 Å². The molecule has 1 N–H and O–H groups in total. The third-order valence-corrected chi connectivity index (χ3v) is 4.70. The summed E-state index contributed by atoms with van der Waals surface area (Å²) in [6.45, 7) is 2.87. The summed E-state index contributed by atoms with van der Waals surface area (Å²) in [5, 5.41) is 7.04. The van der Waals surface area contributed by atoms with Gasteiger partial charge in [0.05, 0.1) is 10.9 Å². The van der Waals surface area contributed by atoms with Crippen molar-refractivity contribution in [3.05, 3.63) is 35.1 Å². The summed E-state index contributed by atoms with van der Waals surface area (Å²) >= 11 is 5.80. The Morgan fingerprint density at radius 2 is 2.26 bits per heavy atom. The van der Waals surface area contributed by atoms with Crippen molar-refractivity contribution in [1.82, 2.24) is 20.0 Å². The van der Waals surface area contributed by atoms with Crippen LogP contribution in [0.3, 0.4) is 0 Å². The summed E-state index contributed by atoms with van der Waals surface area (Å²) in [6.07, 6.45) is 4.66. The number of hydrogen-bond acceptors (Lipinski definition) is 6. The highest BCUT2D eigenvalue weighted by molar-refractivity contribution is 6.30. The van der Waals surface area contributed by atoms with Gasteiger partial charge < -0.3 is 14.7 Å². The van der Waals surface area contributed by atoms with E-state index in [0.717, 1.165) is 12.8 Å². The van der Waals surface area contributed by atoms with Crippen LogP contribution in [-0.2, 0) is 16.0 Å². The standard InChI is InChI=1S/C18H22ClN5O3/c1-12-21-16(27-23-12)5-2-6-17(25)24-9-3-4-13(11-24)18(26)22-15-8-7-14(19)10-20-15/h7-8,10,13H,2-6,9,11H2,1H3,(H,20,22,26). The Bertz CT molecular complexity index is 793. The fourth-order valence-electron chi connectivity index (χ4n) is 3.09. The van der Waals surface area contributed by atoms with Gasteiger partial charge in [0.15, 0.2) is 5.82 Å². The maximum Gasteiger partial charge on any atom is 0.230 e. The lowest BCUT2D eigenvalue weighted by Gasteiger charge is -2.32. The molecule has 9 heteroatoms. The third kappa shape index (κ3) is 5.50. The van der Waals surface area contributed by atoms with Gasteiger partial charge in [-0.15, -0.1) is 0 Å². The number of hydrogen-bond donors (Lipinski definition) is 1. The SMILES string of the molecule is Cc1noc(CCCC(=O)N2CCCC(C(=O)Nc3ccc(Cl)cn3)C2)n1. The smallest absolute Gasteiger partial charge is 0.230 e. The van der Waals surface area contributed by atoms with E-state index < -0.39 is 0 Å². The van der Waals surface area contributed by atoms with Crippen LogP contribution in [0.5, 0.6) is 0 Å². The molecule has 3 heterocycles. The lowest BCUT2D eigenvalue weighted by atomic mass is 9.96. The van der Waals surface area contributed by atoms with Gasteiger partial charge in [-0.25, -0.2) is 4.98 Å². The fourth-order valence-corrected chi connectivity index (χ4v) is 3.20. The van der Waals surface area contributed by atoms with Crippen molar-refractivity contribution in [1.29, 1.82) is 0 Å². The number of likely N-dealkylation sites (tertiary alicyclic amines) is 1. The molecule has 1 unspecified atom stereocenters. The van der Waals surface area contributed by atoms with Crippen LogP contribution in [0.1, 0.15) is 37.4 Å². The number of nitrogens with zero attached hydrogens (tertiary/aromatic N) is 4. The highest BCUT2D eigenvalue weighted by atomic mass is 35.5. The molecule has 27 heavy (non-hydrogen) atoms. The van der Waals surface area contributed by atoms with E-state index in [1.165, 1.54) is 6.20 Å². The summed E-state index contributed by atoms with van der Waals surface area (Å²) in [7, 11) is 0. The van der Waals surface area contributed by atoms with Crippen molar-refractivity contribution in [3.63, 3.8) is 0 Å². The predicted molar refractivity (Wildman–Crippen MR) is 99.2 cm³/mol. The number of nitrogens with one attached hydrogen (secondary N) is 1. The molecule has 0 bridgehead atoms. The summed E-state index contributed by atoms with van der Waals surface area (Å²) in [5.41, 5.74) is 0. The third-order valence-electron chi connectivity index (χ3n) is 4.47. The quantitative estimate of drug-likeness (QED) is 0.812. The maximum atomic E-state index is 12.5. The molecule has 0 spiro atoms. The fraction of sp³-hybridized carbons (Fsp3) is 0.500. The zero-order valence-electron chi connectivity index (χ0n) is 15.2. The molecule has 8 nitrogen and oxygen atoms in total. The number of carbonyl (C=O) groups is 2. The Labute approximate surface area is 162 Å². The molecule has 1 aliphatic rings. The Morgan fingerprint density at radius 3 is 2.96 bits per heavy atom. The first-order chi connectivity index (χ1) is 13.0. The number of rotatable bonds is 6. The molecule has 1 aliphatic heterocycles. The van der Waals surface area contributed by atoms with E-state index in [-0.39, 0.29) is 17.7 Å². The van der Waals surface area contributed by atoms with Gasteiger partial charge >= 0.3 is 0 Å². The highest BCUT2D eigenvalue weighted by Gasteiger charge is 2.28. The van der Waals surface area contributed by atoms with Crippen molar-refractivity contribution < 1.29 is 14.1 Å². The van der Waals surface area contributed by atoms with Crippen molar-refractivity contribution in [2.75, 3.05) is 18.4 Å². The maximum absolute atomic E-state index is 12.5. The van der Waals surface area contributed by atoms with Gasteiger partial charge in [0, 0.05) is 32.1 Å². The molecule has 1 fully saturated rings. The van der Waals surface area contributed by atoms with Crippen molar-refractivity contribution in [3.8, 4) is 0 Å². The van der Waals surface area contributed by atoms with Crippen LogP contribution in [-0.4, -0.2) is 44.9 Å². The first kappa shape index (κ1) is 19.3. The molecule has 2 aromatic rings. The number of amides is 2. The monoisotopic (exact) mass is 391 g/mol. The number of aryl methyl sites for hydroxylation is 2. The first-order valence-corrected chi connectivity index (χ1v) is 9.38. The first-order valence-electron chi connectivity index (χ1n) is 9.00. The van der Waals surface area contributed by atoms with E-state index in [0.29, 0.717) is 54.9 Å². The predicted octanol–water partition coefficient (Wildman–Crippen LogP) is 2.63. The van der Waals surface area contributed by atoms with Crippen molar-refractivity contribution in [2.24, 2.45) is 5.92 Å². The highest BCUT2D eigenvalue weighted by Crippen LogP contribution is 2.20. The molecule has 1 atom stereocenters. The number of halogens is 1. The van der Waals surface area contributed by atoms with E-state index in [4.69, 9.17) is 16.1 Å². The zero-order valence-corrected chi connectivity index (χ0v) is 15.9. The molecule has 144 valence electrons. The summed E-state index contributed by atoms with van der Waals surface area (Å²) in [6, 6.07) is 3.33. The van der Waals surface area contributed by atoms with Gasteiger partial charge in [-0.1, -0.05) is 16.8 Å². The van der Waals surface area contributed by atoms with Crippen LogP contribution >= 0.6 is 11.6 Å². The second kappa shape index (κ2) is 8.94. The molecule has 0 radical (unpaired) electrons. The molecule has 1 saturated heterocycles. The molecule has 2 amide bonds. The lowest BCUT2D eigenvalue weighted by Crippen LogP contribution is -2.43. The number of aromatic nitrogens is 3. The molecular formula is C18H22ClN5O3. The number of carbonyl (C=O) groups excluding carboxylic acids is 2. The minimum atomic E-state index is -0.237.